The molecule has 0 aliphatic carbocycles. The second kappa shape index (κ2) is 6.16. The van der Waals surface area contributed by atoms with Crippen LogP contribution in [0.4, 0.5) is 0 Å². The standard InChI is InChI=1S/C19H19NO3/c1-13(18-12-15-7-3-4-9-17(15)23-18)20(2)19(22)11-14-6-5-8-16(21)10-14/h3-10,12-13,21H,11H2,1-2H3/t13-/m1/s1. The summed E-state index contributed by atoms with van der Waals surface area (Å²) in [5.74, 6) is 0.907. The number of rotatable bonds is 4. The molecule has 0 saturated heterocycles. The second-order valence-corrected chi connectivity index (χ2v) is 5.71. The molecule has 1 heterocycles. The Balaban J connectivity index is 1.75. The van der Waals surface area contributed by atoms with E-state index in [-0.39, 0.29) is 24.1 Å². The van der Waals surface area contributed by atoms with Gasteiger partial charge >= 0.3 is 0 Å². The Labute approximate surface area is 135 Å². The van der Waals surface area contributed by atoms with Gasteiger partial charge in [-0.1, -0.05) is 30.3 Å². The van der Waals surface area contributed by atoms with Crippen molar-refractivity contribution in [1.82, 2.24) is 4.90 Å². The average molecular weight is 309 g/mol. The third-order valence-corrected chi connectivity index (χ3v) is 4.10. The first kappa shape index (κ1) is 15.2. The van der Waals surface area contributed by atoms with Crippen molar-refractivity contribution in [3.63, 3.8) is 0 Å². The molecule has 0 fully saturated rings. The molecule has 1 N–H and O–H groups in total. The van der Waals surface area contributed by atoms with Crippen LogP contribution in [-0.4, -0.2) is 23.0 Å². The Morgan fingerprint density at radius 1 is 1.17 bits per heavy atom. The van der Waals surface area contributed by atoms with Crippen molar-refractivity contribution < 1.29 is 14.3 Å². The van der Waals surface area contributed by atoms with E-state index in [1.165, 1.54) is 0 Å². The number of hydrogen-bond donors (Lipinski definition) is 1. The predicted octanol–water partition coefficient (Wildman–Crippen LogP) is 3.90. The van der Waals surface area contributed by atoms with E-state index < -0.39 is 0 Å². The zero-order valence-electron chi connectivity index (χ0n) is 13.2. The largest absolute Gasteiger partial charge is 0.508 e. The summed E-state index contributed by atoms with van der Waals surface area (Å²) in [7, 11) is 1.77. The number of fused-ring (bicyclic) bond motifs is 1. The summed E-state index contributed by atoms with van der Waals surface area (Å²) < 4.78 is 5.84. The first-order valence-electron chi connectivity index (χ1n) is 7.56. The number of benzene rings is 2. The van der Waals surface area contributed by atoms with E-state index in [4.69, 9.17) is 4.42 Å². The fraction of sp³-hybridized carbons (Fsp3) is 0.211. The Hall–Kier alpha value is -2.75. The van der Waals surface area contributed by atoms with Crippen molar-refractivity contribution in [2.45, 2.75) is 19.4 Å². The number of hydrogen-bond acceptors (Lipinski definition) is 3. The van der Waals surface area contributed by atoms with E-state index >= 15 is 0 Å². The molecular weight excluding hydrogens is 290 g/mol. The van der Waals surface area contributed by atoms with Gasteiger partial charge in [0.15, 0.2) is 0 Å². The predicted molar refractivity (Wildman–Crippen MR) is 89.2 cm³/mol. The van der Waals surface area contributed by atoms with Gasteiger partial charge in [-0.25, -0.2) is 0 Å². The zero-order valence-corrected chi connectivity index (χ0v) is 13.2. The van der Waals surface area contributed by atoms with Crippen LogP contribution in [0.3, 0.4) is 0 Å². The van der Waals surface area contributed by atoms with Gasteiger partial charge in [-0.05, 0) is 36.8 Å². The first-order chi connectivity index (χ1) is 11.0. The molecule has 2 aromatic carbocycles. The quantitative estimate of drug-likeness (QED) is 0.795. The molecule has 4 heteroatoms. The van der Waals surface area contributed by atoms with Gasteiger partial charge in [0.25, 0.3) is 0 Å². The van der Waals surface area contributed by atoms with Gasteiger partial charge in [0.05, 0.1) is 12.5 Å². The van der Waals surface area contributed by atoms with Gasteiger partial charge in [0.1, 0.15) is 17.1 Å². The number of likely N-dealkylation sites (N-methyl/N-ethyl adjacent to an activating group) is 1. The van der Waals surface area contributed by atoms with Crippen LogP contribution in [0.2, 0.25) is 0 Å². The smallest absolute Gasteiger partial charge is 0.227 e. The maximum atomic E-state index is 12.5. The van der Waals surface area contributed by atoms with Crippen molar-refractivity contribution in [2.24, 2.45) is 0 Å². The van der Waals surface area contributed by atoms with Crippen molar-refractivity contribution >= 4 is 16.9 Å². The molecule has 0 saturated carbocycles. The summed E-state index contributed by atoms with van der Waals surface area (Å²) in [4.78, 5) is 14.1. The van der Waals surface area contributed by atoms with Gasteiger partial charge < -0.3 is 14.4 Å². The van der Waals surface area contributed by atoms with Crippen LogP contribution >= 0.6 is 0 Å². The zero-order chi connectivity index (χ0) is 16.4. The van der Waals surface area contributed by atoms with Crippen LogP contribution < -0.4 is 0 Å². The molecule has 0 radical (unpaired) electrons. The number of furan rings is 1. The summed E-state index contributed by atoms with van der Waals surface area (Å²) in [6.45, 7) is 1.94. The summed E-state index contributed by atoms with van der Waals surface area (Å²) in [5, 5.41) is 10.5. The Morgan fingerprint density at radius 2 is 1.96 bits per heavy atom. The van der Waals surface area contributed by atoms with Crippen molar-refractivity contribution in [2.75, 3.05) is 7.05 Å². The number of phenols is 1. The average Bonchev–Trinajstić information content (AvgIpc) is 2.97. The molecule has 0 spiro atoms. The van der Waals surface area contributed by atoms with Gasteiger partial charge in [-0.15, -0.1) is 0 Å². The molecule has 3 aromatic rings. The maximum absolute atomic E-state index is 12.5. The molecule has 1 amide bonds. The Morgan fingerprint density at radius 3 is 2.70 bits per heavy atom. The monoisotopic (exact) mass is 309 g/mol. The third-order valence-electron chi connectivity index (χ3n) is 4.10. The number of phenolic OH excluding ortho intramolecular Hbond substituents is 1. The highest BCUT2D eigenvalue weighted by Gasteiger charge is 2.21. The van der Waals surface area contributed by atoms with Crippen molar-refractivity contribution in [3.8, 4) is 5.75 Å². The van der Waals surface area contributed by atoms with Gasteiger partial charge in [0, 0.05) is 12.4 Å². The number of carbonyl (C=O) groups excluding carboxylic acids is 1. The molecule has 118 valence electrons. The molecule has 3 rings (SSSR count). The minimum absolute atomic E-state index is 0.0245. The molecule has 0 aliphatic rings. The van der Waals surface area contributed by atoms with E-state index in [0.717, 1.165) is 22.3 Å². The van der Waals surface area contributed by atoms with E-state index in [0.29, 0.717) is 0 Å². The second-order valence-electron chi connectivity index (χ2n) is 5.71. The first-order valence-corrected chi connectivity index (χ1v) is 7.56. The molecule has 1 atom stereocenters. The third kappa shape index (κ3) is 3.21. The number of nitrogens with zero attached hydrogens (tertiary/aromatic N) is 1. The maximum Gasteiger partial charge on any atom is 0.227 e. The lowest BCUT2D eigenvalue weighted by atomic mass is 10.1. The van der Waals surface area contributed by atoms with Gasteiger partial charge in [-0.3, -0.25) is 4.79 Å². The van der Waals surface area contributed by atoms with Crippen LogP contribution in [-0.2, 0) is 11.2 Å². The molecule has 23 heavy (non-hydrogen) atoms. The van der Waals surface area contributed by atoms with Crippen LogP contribution in [0.5, 0.6) is 5.75 Å². The number of para-hydroxylation sites is 1. The molecule has 4 nitrogen and oxygen atoms in total. The van der Waals surface area contributed by atoms with Gasteiger partial charge in [-0.2, -0.15) is 0 Å². The normalized spacial score (nSPS) is 12.3. The topological polar surface area (TPSA) is 53.7 Å². The Bertz CT molecular complexity index is 804. The highest BCUT2D eigenvalue weighted by atomic mass is 16.3. The number of amides is 1. The minimum atomic E-state index is -0.160. The van der Waals surface area contributed by atoms with Crippen molar-refractivity contribution in [1.29, 1.82) is 0 Å². The fourth-order valence-corrected chi connectivity index (χ4v) is 2.58. The Kier molecular flexibility index (Phi) is 4.06. The lowest BCUT2D eigenvalue weighted by molar-refractivity contribution is -0.131. The van der Waals surface area contributed by atoms with Crippen LogP contribution in [0.15, 0.2) is 59.0 Å². The highest BCUT2D eigenvalue weighted by molar-refractivity contribution is 5.80. The lowest BCUT2D eigenvalue weighted by Gasteiger charge is -2.23. The van der Waals surface area contributed by atoms with E-state index in [1.807, 2.05) is 43.3 Å². The summed E-state index contributed by atoms with van der Waals surface area (Å²) >= 11 is 0. The molecule has 0 aliphatic heterocycles. The van der Waals surface area contributed by atoms with Gasteiger partial charge in [0.2, 0.25) is 5.91 Å². The minimum Gasteiger partial charge on any atom is -0.508 e. The van der Waals surface area contributed by atoms with Crippen LogP contribution in [0.1, 0.15) is 24.3 Å². The van der Waals surface area contributed by atoms with Crippen molar-refractivity contribution in [3.05, 3.63) is 65.9 Å². The molecule has 0 unspecified atom stereocenters. The SMILES string of the molecule is C[C@H](c1cc2ccccc2o1)N(C)C(=O)Cc1cccc(O)c1. The van der Waals surface area contributed by atoms with E-state index in [9.17, 15) is 9.90 Å². The molecule has 1 aromatic heterocycles. The fourth-order valence-electron chi connectivity index (χ4n) is 2.58. The number of aromatic hydroxyl groups is 1. The molecule has 0 bridgehead atoms. The van der Waals surface area contributed by atoms with E-state index in [1.54, 1.807) is 30.1 Å². The summed E-state index contributed by atoms with van der Waals surface area (Å²) in [6.07, 6.45) is 0.246. The number of carbonyl (C=O) groups is 1. The van der Waals surface area contributed by atoms with E-state index in [2.05, 4.69) is 0 Å². The lowest BCUT2D eigenvalue weighted by Crippen LogP contribution is -2.30. The van der Waals surface area contributed by atoms with Crippen LogP contribution in [0.25, 0.3) is 11.0 Å². The highest BCUT2D eigenvalue weighted by Crippen LogP contribution is 2.27. The summed E-state index contributed by atoms with van der Waals surface area (Å²) in [5.41, 5.74) is 1.61. The molecular formula is C19H19NO3. The summed E-state index contributed by atoms with van der Waals surface area (Å²) in [6, 6.07) is 16.4. The van der Waals surface area contributed by atoms with Crippen LogP contribution in [0, 0.1) is 0 Å².